The van der Waals surface area contributed by atoms with Crippen LogP contribution in [0.4, 0.5) is 0 Å². The maximum atomic E-state index is 5.27. The summed E-state index contributed by atoms with van der Waals surface area (Å²) in [5.74, 6) is 2.68. The molecule has 0 heterocycles. The monoisotopic (exact) mass is 325 g/mol. The molecule has 1 saturated carbocycles. The van der Waals surface area contributed by atoms with Gasteiger partial charge in [0.2, 0.25) is 0 Å². The second kappa shape index (κ2) is 7.30. The van der Waals surface area contributed by atoms with Gasteiger partial charge in [0, 0.05) is 11.0 Å². The van der Waals surface area contributed by atoms with Gasteiger partial charge in [-0.1, -0.05) is 35.7 Å². The zero-order valence-electron chi connectivity index (χ0n) is 11.9. The number of rotatable bonds is 5. The summed E-state index contributed by atoms with van der Waals surface area (Å²) < 4.78 is 6.42. The van der Waals surface area contributed by atoms with E-state index in [2.05, 4.69) is 40.3 Å². The van der Waals surface area contributed by atoms with Crippen molar-refractivity contribution in [1.82, 2.24) is 5.32 Å². The van der Waals surface area contributed by atoms with Crippen LogP contribution in [-0.4, -0.2) is 13.7 Å². The van der Waals surface area contributed by atoms with Crippen molar-refractivity contribution in [3.63, 3.8) is 0 Å². The van der Waals surface area contributed by atoms with Gasteiger partial charge in [-0.2, -0.15) is 0 Å². The first-order valence-corrected chi connectivity index (χ1v) is 8.01. The first-order valence-electron chi connectivity index (χ1n) is 7.22. The Hall–Kier alpha value is -0.540. The molecule has 1 aromatic carbocycles. The van der Waals surface area contributed by atoms with Crippen LogP contribution < -0.4 is 10.1 Å². The number of ether oxygens (including phenoxy) is 1. The largest absolute Gasteiger partial charge is 0.497 e. The van der Waals surface area contributed by atoms with Gasteiger partial charge in [0.1, 0.15) is 5.75 Å². The highest BCUT2D eigenvalue weighted by molar-refractivity contribution is 9.10. The van der Waals surface area contributed by atoms with E-state index in [1.165, 1.54) is 31.2 Å². The minimum atomic E-state index is 0.855. The summed E-state index contributed by atoms with van der Waals surface area (Å²) >= 11 is 3.60. The van der Waals surface area contributed by atoms with E-state index in [4.69, 9.17) is 4.74 Å². The maximum absolute atomic E-state index is 5.27. The molecule has 1 N–H and O–H groups in total. The number of hydrogen-bond acceptors (Lipinski definition) is 2. The predicted octanol–water partition coefficient (Wildman–Crippen LogP) is 4.37. The highest BCUT2D eigenvalue weighted by Gasteiger charge is 2.18. The van der Waals surface area contributed by atoms with E-state index in [-0.39, 0.29) is 0 Å². The Morgan fingerprint density at radius 1 is 1.37 bits per heavy atom. The molecular formula is C16H24BrNO. The Labute approximate surface area is 125 Å². The molecule has 0 aromatic heterocycles. The average molecular weight is 326 g/mol. The molecule has 0 bridgehead atoms. The van der Waals surface area contributed by atoms with Crippen LogP contribution in [0.2, 0.25) is 0 Å². The molecule has 0 amide bonds. The first-order chi connectivity index (χ1) is 9.19. The van der Waals surface area contributed by atoms with Crippen LogP contribution in [0.1, 0.15) is 38.2 Å². The molecule has 2 unspecified atom stereocenters. The fourth-order valence-corrected chi connectivity index (χ4v) is 3.36. The van der Waals surface area contributed by atoms with Gasteiger partial charge < -0.3 is 10.1 Å². The Kier molecular flexibility index (Phi) is 5.71. The van der Waals surface area contributed by atoms with E-state index >= 15 is 0 Å². The van der Waals surface area contributed by atoms with Crippen LogP contribution in [0.3, 0.4) is 0 Å². The molecule has 106 valence electrons. The Bertz CT molecular complexity index is 408. The molecule has 1 aliphatic rings. The molecule has 1 aliphatic carbocycles. The lowest BCUT2D eigenvalue weighted by molar-refractivity contribution is 0.274. The minimum absolute atomic E-state index is 0.855. The number of benzene rings is 1. The van der Waals surface area contributed by atoms with Crippen molar-refractivity contribution in [2.24, 2.45) is 11.8 Å². The quantitative estimate of drug-likeness (QED) is 0.867. The third-order valence-electron chi connectivity index (χ3n) is 4.05. The SMILES string of the molecule is COc1ccc(Br)c(CNCC2CCCC(C)C2)c1. The van der Waals surface area contributed by atoms with Crippen molar-refractivity contribution in [1.29, 1.82) is 0 Å². The zero-order valence-corrected chi connectivity index (χ0v) is 13.5. The van der Waals surface area contributed by atoms with Crippen LogP contribution >= 0.6 is 15.9 Å². The highest BCUT2D eigenvalue weighted by Crippen LogP contribution is 2.28. The van der Waals surface area contributed by atoms with Crippen molar-refractivity contribution in [2.45, 2.75) is 39.2 Å². The van der Waals surface area contributed by atoms with Crippen LogP contribution in [0.15, 0.2) is 22.7 Å². The standard InChI is InChI=1S/C16H24BrNO/c1-12-4-3-5-13(8-12)10-18-11-14-9-15(19-2)6-7-16(14)17/h6-7,9,12-13,18H,3-5,8,10-11H2,1-2H3. The fourth-order valence-electron chi connectivity index (χ4n) is 2.97. The number of methoxy groups -OCH3 is 1. The number of halogens is 1. The van der Waals surface area contributed by atoms with Crippen LogP contribution in [0, 0.1) is 11.8 Å². The Balaban J connectivity index is 1.81. The van der Waals surface area contributed by atoms with Gasteiger partial charge in [0.25, 0.3) is 0 Å². The lowest BCUT2D eigenvalue weighted by atomic mass is 9.82. The van der Waals surface area contributed by atoms with Crippen molar-refractivity contribution in [3.05, 3.63) is 28.2 Å². The van der Waals surface area contributed by atoms with E-state index in [1.807, 2.05) is 6.07 Å². The summed E-state index contributed by atoms with van der Waals surface area (Å²) in [6, 6.07) is 6.13. The molecule has 0 radical (unpaired) electrons. The molecule has 1 aromatic rings. The van der Waals surface area contributed by atoms with Crippen LogP contribution in [0.5, 0.6) is 5.75 Å². The number of hydrogen-bond donors (Lipinski definition) is 1. The fraction of sp³-hybridized carbons (Fsp3) is 0.625. The lowest BCUT2D eigenvalue weighted by Gasteiger charge is -2.27. The van der Waals surface area contributed by atoms with Gasteiger partial charge in [-0.25, -0.2) is 0 Å². The van der Waals surface area contributed by atoms with Gasteiger partial charge in [0.05, 0.1) is 7.11 Å². The van der Waals surface area contributed by atoms with Gasteiger partial charge in [-0.3, -0.25) is 0 Å². The van der Waals surface area contributed by atoms with E-state index in [0.717, 1.165) is 35.1 Å². The van der Waals surface area contributed by atoms with Crippen molar-refractivity contribution in [3.8, 4) is 5.75 Å². The summed E-state index contributed by atoms with van der Waals surface area (Å²) in [4.78, 5) is 0. The lowest BCUT2D eigenvalue weighted by Crippen LogP contribution is -2.26. The summed E-state index contributed by atoms with van der Waals surface area (Å²) in [5, 5.41) is 3.60. The van der Waals surface area contributed by atoms with Crippen molar-refractivity contribution >= 4 is 15.9 Å². The molecule has 1 fully saturated rings. The normalized spacial score (nSPS) is 23.3. The molecule has 2 rings (SSSR count). The zero-order chi connectivity index (χ0) is 13.7. The summed E-state index contributed by atoms with van der Waals surface area (Å²) in [6.45, 7) is 4.42. The minimum Gasteiger partial charge on any atom is -0.497 e. The third kappa shape index (κ3) is 4.50. The van der Waals surface area contributed by atoms with Gasteiger partial charge in [-0.15, -0.1) is 0 Å². The van der Waals surface area contributed by atoms with E-state index < -0.39 is 0 Å². The molecule has 0 saturated heterocycles. The number of nitrogens with one attached hydrogen (secondary N) is 1. The molecule has 2 atom stereocenters. The first kappa shape index (κ1) is 14.9. The Morgan fingerprint density at radius 2 is 2.21 bits per heavy atom. The molecular weight excluding hydrogens is 302 g/mol. The second-order valence-electron chi connectivity index (χ2n) is 5.73. The van der Waals surface area contributed by atoms with Gasteiger partial charge in [0.15, 0.2) is 0 Å². The van der Waals surface area contributed by atoms with Crippen LogP contribution in [0.25, 0.3) is 0 Å². The molecule has 2 nitrogen and oxygen atoms in total. The van der Waals surface area contributed by atoms with Crippen molar-refractivity contribution < 1.29 is 4.74 Å². The highest BCUT2D eigenvalue weighted by atomic mass is 79.9. The van der Waals surface area contributed by atoms with E-state index in [1.54, 1.807) is 7.11 Å². The van der Waals surface area contributed by atoms with E-state index in [0.29, 0.717) is 0 Å². The maximum Gasteiger partial charge on any atom is 0.119 e. The van der Waals surface area contributed by atoms with Gasteiger partial charge in [-0.05, 0) is 55.0 Å². The smallest absolute Gasteiger partial charge is 0.119 e. The average Bonchev–Trinajstić information content (AvgIpc) is 2.41. The predicted molar refractivity (Wildman–Crippen MR) is 83.5 cm³/mol. The molecule has 3 heteroatoms. The molecule has 0 spiro atoms. The Morgan fingerprint density at radius 3 is 2.95 bits per heavy atom. The molecule has 19 heavy (non-hydrogen) atoms. The summed E-state index contributed by atoms with van der Waals surface area (Å²) in [7, 11) is 1.71. The van der Waals surface area contributed by atoms with E-state index in [9.17, 15) is 0 Å². The summed E-state index contributed by atoms with van der Waals surface area (Å²) in [5.41, 5.74) is 1.27. The molecule has 0 aliphatic heterocycles. The second-order valence-corrected chi connectivity index (χ2v) is 6.58. The van der Waals surface area contributed by atoms with Gasteiger partial charge >= 0.3 is 0 Å². The van der Waals surface area contributed by atoms with Crippen LogP contribution in [-0.2, 0) is 6.54 Å². The topological polar surface area (TPSA) is 21.3 Å². The third-order valence-corrected chi connectivity index (χ3v) is 4.82. The summed E-state index contributed by atoms with van der Waals surface area (Å²) in [6.07, 6.45) is 5.58. The van der Waals surface area contributed by atoms with Crippen molar-refractivity contribution in [2.75, 3.05) is 13.7 Å².